The van der Waals surface area contributed by atoms with Crippen molar-refractivity contribution in [2.45, 2.75) is 12.3 Å². The van der Waals surface area contributed by atoms with Gasteiger partial charge in [-0.1, -0.05) is 30.3 Å². The Morgan fingerprint density at radius 1 is 1.03 bits per heavy atom. The normalized spacial score (nSPS) is 15.0. The molecule has 8 nitrogen and oxygen atoms in total. The quantitative estimate of drug-likeness (QED) is 0.291. The lowest BCUT2D eigenvalue weighted by Crippen LogP contribution is -2.29. The van der Waals surface area contributed by atoms with E-state index in [9.17, 15) is 19.5 Å². The molecule has 2 aromatic heterocycles. The number of nitrogens with zero attached hydrogens (tertiary/aromatic N) is 1. The first-order valence-electron chi connectivity index (χ1n) is 11.6. The van der Waals surface area contributed by atoms with Crippen LogP contribution in [0.1, 0.15) is 23.5 Å². The molecule has 6 rings (SSSR count). The molecule has 0 unspecified atom stereocenters. The molecule has 0 bridgehead atoms. The second-order valence-corrected chi connectivity index (χ2v) is 8.98. The van der Waals surface area contributed by atoms with Crippen LogP contribution in [0, 0.1) is 0 Å². The summed E-state index contributed by atoms with van der Waals surface area (Å²) >= 11 is 0. The SMILES string of the molecule is COc1ccc2cc([C@H]3CC(=O)Oc4cc(O)c5c(=O)c(-c6ccccc6)coc5c43)c(=O)n(C)c2c1. The summed E-state index contributed by atoms with van der Waals surface area (Å²) in [5, 5.41) is 11.5. The van der Waals surface area contributed by atoms with E-state index in [0.29, 0.717) is 28.0 Å². The smallest absolute Gasteiger partial charge is 0.312 e. The third kappa shape index (κ3) is 3.48. The van der Waals surface area contributed by atoms with Crippen molar-refractivity contribution in [3.05, 3.63) is 98.6 Å². The van der Waals surface area contributed by atoms with E-state index in [4.69, 9.17) is 13.9 Å². The summed E-state index contributed by atoms with van der Waals surface area (Å²) in [5.41, 5.74) is 1.64. The number of phenols is 1. The number of carbonyl (C=O) groups excluding carboxylic acids is 1. The summed E-state index contributed by atoms with van der Waals surface area (Å²) in [6.07, 6.45) is 1.20. The van der Waals surface area contributed by atoms with Gasteiger partial charge in [-0.3, -0.25) is 14.4 Å². The van der Waals surface area contributed by atoms with Gasteiger partial charge < -0.3 is 23.6 Å². The Labute approximate surface area is 209 Å². The van der Waals surface area contributed by atoms with Crippen molar-refractivity contribution in [3.63, 3.8) is 0 Å². The third-order valence-corrected chi connectivity index (χ3v) is 6.89. The number of carbonyl (C=O) groups is 1. The molecular weight excluding hydrogens is 474 g/mol. The fourth-order valence-corrected chi connectivity index (χ4v) is 5.06. The molecular formula is C29H21NO7. The van der Waals surface area contributed by atoms with Crippen molar-refractivity contribution in [3.8, 4) is 28.4 Å². The molecule has 5 aromatic rings. The van der Waals surface area contributed by atoms with Gasteiger partial charge in [0.2, 0.25) is 5.43 Å². The predicted octanol–water partition coefficient (Wildman–Crippen LogP) is 4.47. The number of esters is 1. The van der Waals surface area contributed by atoms with Crippen molar-refractivity contribution >= 4 is 27.8 Å². The number of ether oxygens (including phenoxy) is 2. The van der Waals surface area contributed by atoms with E-state index in [1.807, 2.05) is 12.1 Å². The summed E-state index contributed by atoms with van der Waals surface area (Å²) < 4.78 is 18.2. The summed E-state index contributed by atoms with van der Waals surface area (Å²) in [5.74, 6) is -1.02. The van der Waals surface area contributed by atoms with Crippen LogP contribution >= 0.6 is 0 Å². The number of hydrogen-bond acceptors (Lipinski definition) is 7. The molecule has 0 radical (unpaired) electrons. The van der Waals surface area contributed by atoms with Crippen LogP contribution < -0.4 is 20.5 Å². The highest BCUT2D eigenvalue weighted by Crippen LogP contribution is 2.45. The van der Waals surface area contributed by atoms with Crippen LogP contribution in [-0.2, 0) is 11.8 Å². The highest BCUT2D eigenvalue weighted by Gasteiger charge is 2.35. The molecule has 1 atom stereocenters. The predicted molar refractivity (Wildman–Crippen MR) is 137 cm³/mol. The van der Waals surface area contributed by atoms with Gasteiger partial charge in [0.25, 0.3) is 5.56 Å². The van der Waals surface area contributed by atoms with Crippen molar-refractivity contribution in [1.29, 1.82) is 0 Å². The lowest BCUT2D eigenvalue weighted by molar-refractivity contribution is -0.135. The van der Waals surface area contributed by atoms with Crippen LogP contribution in [0.5, 0.6) is 17.2 Å². The number of pyridine rings is 1. The fraction of sp³-hybridized carbons (Fsp3) is 0.138. The lowest BCUT2D eigenvalue weighted by atomic mass is 9.85. The Morgan fingerprint density at radius 2 is 1.81 bits per heavy atom. The molecule has 3 aromatic carbocycles. The van der Waals surface area contributed by atoms with Crippen LogP contribution in [0.25, 0.3) is 33.0 Å². The number of aromatic hydroxyl groups is 1. The van der Waals surface area contributed by atoms with E-state index >= 15 is 0 Å². The molecule has 0 saturated carbocycles. The molecule has 37 heavy (non-hydrogen) atoms. The van der Waals surface area contributed by atoms with Gasteiger partial charge >= 0.3 is 5.97 Å². The average Bonchev–Trinajstić information content (AvgIpc) is 2.90. The third-order valence-electron chi connectivity index (χ3n) is 6.89. The van der Waals surface area contributed by atoms with Crippen molar-refractivity contribution < 1.29 is 23.8 Å². The molecule has 8 heteroatoms. The van der Waals surface area contributed by atoms with Crippen LogP contribution in [0.3, 0.4) is 0 Å². The first kappa shape index (κ1) is 22.6. The zero-order valence-corrected chi connectivity index (χ0v) is 20.0. The number of methoxy groups -OCH3 is 1. The summed E-state index contributed by atoms with van der Waals surface area (Å²) in [6.45, 7) is 0. The van der Waals surface area contributed by atoms with Gasteiger partial charge in [0, 0.05) is 36.2 Å². The van der Waals surface area contributed by atoms with Crippen molar-refractivity contribution in [2.75, 3.05) is 7.11 Å². The lowest BCUT2D eigenvalue weighted by Gasteiger charge is -2.26. The van der Waals surface area contributed by atoms with E-state index in [0.717, 1.165) is 5.39 Å². The average molecular weight is 495 g/mol. The number of aryl methyl sites for hydroxylation is 1. The summed E-state index contributed by atoms with van der Waals surface area (Å²) in [4.78, 5) is 39.6. The minimum absolute atomic E-state index is 0.0367. The van der Waals surface area contributed by atoms with E-state index in [1.54, 1.807) is 56.6 Å². The molecule has 3 heterocycles. The maximum absolute atomic E-state index is 13.5. The van der Waals surface area contributed by atoms with E-state index < -0.39 is 17.3 Å². The van der Waals surface area contributed by atoms with E-state index in [2.05, 4.69) is 0 Å². The largest absolute Gasteiger partial charge is 0.507 e. The first-order chi connectivity index (χ1) is 17.9. The molecule has 0 saturated heterocycles. The molecule has 0 spiro atoms. The number of aromatic nitrogens is 1. The number of fused-ring (bicyclic) bond motifs is 4. The number of hydrogen-bond donors (Lipinski definition) is 1. The Hall–Kier alpha value is -4.85. The Morgan fingerprint density at radius 3 is 2.57 bits per heavy atom. The highest BCUT2D eigenvalue weighted by atomic mass is 16.5. The van der Waals surface area contributed by atoms with Gasteiger partial charge in [-0.25, -0.2) is 0 Å². The number of phenolic OH excluding ortho intramolecular Hbond substituents is 1. The minimum Gasteiger partial charge on any atom is -0.507 e. The Balaban J connectivity index is 1.63. The topological polar surface area (TPSA) is 108 Å². The molecule has 0 aliphatic carbocycles. The fourth-order valence-electron chi connectivity index (χ4n) is 5.06. The first-order valence-corrected chi connectivity index (χ1v) is 11.6. The van der Waals surface area contributed by atoms with E-state index in [1.165, 1.54) is 16.9 Å². The van der Waals surface area contributed by atoms with Crippen LogP contribution in [0.15, 0.2) is 80.9 Å². The van der Waals surface area contributed by atoms with Gasteiger partial charge in [0.05, 0.1) is 24.6 Å². The number of rotatable bonds is 3. The Bertz CT molecular complexity index is 1850. The second kappa shape index (κ2) is 8.37. The maximum Gasteiger partial charge on any atom is 0.312 e. The van der Waals surface area contributed by atoms with Crippen LogP contribution in [0.2, 0.25) is 0 Å². The second-order valence-electron chi connectivity index (χ2n) is 8.98. The summed E-state index contributed by atoms with van der Waals surface area (Å²) in [6, 6.07) is 17.3. The van der Waals surface area contributed by atoms with Crippen LogP contribution in [0.4, 0.5) is 0 Å². The van der Waals surface area contributed by atoms with Gasteiger partial charge in [-0.2, -0.15) is 0 Å². The van der Waals surface area contributed by atoms with Crippen molar-refractivity contribution in [2.24, 2.45) is 7.05 Å². The standard InChI is InChI=1S/C29H21NO7/c1-30-21-11-17(35-2)9-8-16(21)10-19(29(30)34)18-12-24(32)37-23-13-22(31)26-27(33)20(14-36-28(26)25(18)23)15-6-4-3-5-7-15/h3-11,13-14,18,31H,12H2,1-2H3/t18-/m1/s1. The molecule has 0 amide bonds. The summed E-state index contributed by atoms with van der Waals surface area (Å²) in [7, 11) is 3.20. The monoisotopic (exact) mass is 495 g/mol. The zero-order chi connectivity index (χ0) is 25.8. The van der Waals surface area contributed by atoms with E-state index in [-0.39, 0.29) is 40.0 Å². The molecule has 1 aliphatic heterocycles. The van der Waals surface area contributed by atoms with Crippen LogP contribution in [-0.4, -0.2) is 22.8 Å². The highest BCUT2D eigenvalue weighted by molar-refractivity contribution is 5.94. The zero-order valence-electron chi connectivity index (χ0n) is 20.0. The van der Waals surface area contributed by atoms with Gasteiger partial charge in [-0.15, -0.1) is 0 Å². The van der Waals surface area contributed by atoms with Gasteiger partial charge in [0.1, 0.15) is 34.5 Å². The molecule has 1 aliphatic rings. The molecule has 1 N–H and O–H groups in total. The van der Waals surface area contributed by atoms with Crippen molar-refractivity contribution in [1.82, 2.24) is 4.57 Å². The Kier molecular flexibility index (Phi) is 5.12. The molecule has 0 fully saturated rings. The minimum atomic E-state index is -0.754. The number of benzene rings is 3. The van der Waals surface area contributed by atoms with Gasteiger partial charge in [-0.05, 0) is 29.1 Å². The molecule has 184 valence electrons. The maximum atomic E-state index is 13.5. The van der Waals surface area contributed by atoms with Gasteiger partial charge in [0.15, 0.2) is 0 Å².